The molecule has 2 aliphatic rings. The Bertz CT molecular complexity index is 188. The fraction of sp³-hybridized carbons (Fsp3) is 1.00. The van der Waals surface area contributed by atoms with Gasteiger partial charge in [0.25, 0.3) is 0 Å². The zero-order valence-corrected chi connectivity index (χ0v) is 10.4. The summed E-state index contributed by atoms with van der Waals surface area (Å²) < 4.78 is 11.4. The lowest BCUT2D eigenvalue weighted by molar-refractivity contribution is -0.0165. The van der Waals surface area contributed by atoms with E-state index in [2.05, 4.69) is 12.2 Å². The van der Waals surface area contributed by atoms with Gasteiger partial charge in [0.05, 0.1) is 19.3 Å². The number of hydrogen-bond acceptors (Lipinski definition) is 3. The van der Waals surface area contributed by atoms with Crippen LogP contribution < -0.4 is 5.32 Å². The van der Waals surface area contributed by atoms with Crippen LogP contribution in [0.5, 0.6) is 0 Å². The number of hydrogen-bond donors (Lipinski definition) is 1. The molecule has 1 aliphatic carbocycles. The Morgan fingerprint density at radius 3 is 2.81 bits per heavy atom. The Balaban J connectivity index is 1.71. The molecule has 16 heavy (non-hydrogen) atoms. The molecule has 0 amide bonds. The van der Waals surface area contributed by atoms with Gasteiger partial charge < -0.3 is 14.8 Å². The summed E-state index contributed by atoms with van der Waals surface area (Å²) in [5.74, 6) is 0.659. The molecule has 1 aliphatic heterocycles. The Morgan fingerprint density at radius 1 is 1.38 bits per heavy atom. The molecule has 2 rings (SSSR count). The standard InChI is InChI=1S/C13H25NO2/c1-2-7-14-13(11-6-8-15-9-11)10-16-12-4-3-5-12/h11-14H,2-10H2,1H3. The maximum Gasteiger partial charge on any atom is 0.0626 e. The fourth-order valence-electron chi connectivity index (χ4n) is 2.34. The average molecular weight is 227 g/mol. The molecule has 1 saturated carbocycles. The molecule has 1 heterocycles. The fourth-order valence-corrected chi connectivity index (χ4v) is 2.34. The van der Waals surface area contributed by atoms with Gasteiger partial charge in [-0.3, -0.25) is 0 Å². The predicted molar refractivity (Wildman–Crippen MR) is 64.6 cm³/mol. The van der Waals surface area contributed by atoms with Crippen molar-refractivity contribution in [3.63, 3.8) is 0 Å². The van der Waals surface area contributed by atoms with Crippen LogP contribution in [0.15, 0.2) is 0 Å². The Labute approximate surface area is 98.9 Å². The Hall–Kier alpha value is -0.120. The van der Waals surface area contributed by atoms with Crippen LogP contribution in [0, 0.1) is 5.92 Å². The van der Waals surface area contributed by atoms with E-state index in [9.17, 15) is 0 Å². The van der Waals surface area contributed by atoms with Gasteiger partial charge in [0.1, 0.15) is 0 Å². The van der Waals surface area contributed by atoms with Crippen molar-refractivity contribution in [3.8, 4) is 0 Å². The zero-order chi connectivity index (χ0) is 11.2. The maximum atomic E-state index is 5.93. The lowest BCUT2D eigenvalue weighted by Gasteiger charge is -2.30. The molecule has 1 N–H and O–H groups in total. The molecule has 0 aromatic carbocycles. The van der Waals surface area contributed by atoms with E-state index in [0.29, 0.717) is 18.1 Å². The minimum Gasteiger partial charge on any atom is -0.381 e. The molecular formula is C13H25NO2. The van der Waals surface area contributed by atoms with E-state index in [4.69, 9.17) is 9.47 Å². The molecule has 2 fully saturated rings. The molecule has 3 nitrogen and oxygen atoms in total. The van der Waals surface area contributed by atoms with Gasteiger partial charge in [0, 0.05) is 18.6 Å². The third kappa shape index (κ3) is 3.44. The zero-order valence-electron chi connectivity index (χ0n) is 10.4. The molecule has 2 unspecified atom stereocenters. The molecule has 0 aromatic heterocycles. The highest BCUT2D eigenvalue weighted by molar-refractivity contribution is 4.80. The second-order valence-corrected chi connectivity index (χ2v) is 5.07. The molecular weight excluding hydrogens is 202 g/mol. The van der Waals surface area contributed by atoms with Gasteiger partial charge in [-0.1, -0.05) is 6.92 Å². The highest BCUT2D eigenvalue weighted by Crippen LogP contribution is 2.24. The van der Waals surface area contributed by atoms with Gasteiger partial charge in [-0.25, -0.2) is 0 Å². The van der Waals surface area contributed by atoms with Crippen molar-refractivity contribution >= 4 is 0 Å². The summed E-state index contributed by atoms with van der Waals surface area (Å²) in [5.41, 5.74) is 0. The first-order valence-corrected chi connectivity index (χ1v) is 6.83. The molecule has 1 saturated heterocycles. The van der Waals surface area contributed by atoms with Crippen LogP contribution in [0.1, 0.15) is 39.0 Å². The minimum absolute atomic E-state index is 0.503. The van der Waals surface area contributed by atoms with Gasteiger partial charge in [0.15, 0.2) is 0 Å². The first-order valence-electron chi connectivity index (χ1n) is 6.83. The minimum atomic E-state index is 0.503. The van der Waals surface area contributed by atoms with Crippen molar-refractivity contribution in [2.24, 2.45) is 5.92 Å². The normalized spacial score (nSPS) is 27.9. The quantitative estimate of drug-likeness (QED) is 0.721. The first-order chi connectivity index (χ1) is 7.90. The van der Waals surface area contributed by atoms with E-state index in [0.717, 1.165) is 26.4 Å². The van der Waals surface area contributed by atoms with E-state index < -0.39 is 0 Å². The SMILES string of the molecule is CCCNC(COC1CCC1)C1CCOC1. The second-order valence-electron chi connectivity index (χ2n) is 5.07. The van der Waals surface area contributed by atoms with E-state index in [-0.39, 0.29) is 0 Å². The summed E-state index contributed by atoms with van der Waals surface area (Å²) in [6, 6.07) is 0.503. The van der Waals surface area contributed by atoms with E-state index in [1.54, 1.807) is 0 Å². The summed E-state index contributed by atoms with van der Waals surface area (Å²) in [7, 11) is 0. The summed E-state index contributed by atoms with van der Waals surface area (Å²) in [6.07, 6.45) is 6.81. The van der Waals surface area contributed by atoms with Gasteiger partial charge >= 0.3 is 0 Å². The van der Waals surface area contributed by atoms with Gasteiger partial charge in [-0.15, -0.1) is 0 Å². The highest BCUT2D eigenvalue weighted by Gasteiger charge is 2.27. The van der Waals surface area contributed by atoms with Crippen LogP contribution >= 0.6 is 0 Å². The van der Waals surface area contributed by atoms with Crippen molar-refractivity contribution in [1.82, 2.24) is 5.32 Å². The third-order valence-corrected chi connectivity index (χ3v) is 3.75. The molecule has 0 aromatic rings. The average Bonchev–Trinajstić information content (AvgIpc) is 2.73. The van der Waals surface area contributed by atoms with Crippen molar-refractivity contribution in [2.45, 2.75) is 51.2 Å². The molecule has 0 bridgehead atoms. The molecule has 3 heteroatoms. The molecule has 0 spiro atoms. The van der Waals surface area contributed by atoms with Crippen LogP contribution in [-0.2, 0) is 9.47 Å². The smallest absolute Gasteiger partial charge is 0.0626 e. The van der Waals surface area contributed by atoms with Crippen molar-refractivity contribution in [1.29, 1.82) is 0 Å². The van der Waals surface area contributed by atoms with Crippen LogP contribution in [0.3, 0.4) is 0 Å². The van der Waals surface area contributed by atoms with E-state index in [1.165, 1.54) is 32.1 Å². The van der Waals surface area contributed by atoms with Crippen LogP contribution in [0.25, 0.3) is 0 Å². The van der Waals surface area contributed by atoms with Crippen molar-refractivity contribution in [3.05, 3.63) is 0 Å². The number of rotatable bonds is 7. The largest absolute Gasteiger partial charge is 0.381 e. The van der Waals surface area contributed by atoms with Crippen molar-refractivity contribution < 1.29 is 9.47 Å². The highest BCUT2D eigenvalue weighted by atomic mass is 16.5. The van der Waals surface area contributed by atoms with Gasteiger partial charge in [0.2, 0.25) is 0 Å². The lowest BCUT2D eigenvalue weighted by Crippen LogP contribution is -2.42. The lowest BCUT2D eigenvalue weighted by atomic mass is 9.95. The maximum absolute atomic E-state index is 5.93. The second kappa shape index (κ2) is 6.58. The monoisotopic (exact) mass is 227 g/mol. The van der Waals surface area contributed by atoms with Gasteiger partial charge in [-0.2, -0.15) is 0 Å². The molecule has 2 atom stereocenters. The van der Waals surface area contributed by atoms with Crippen LogP contribution in [-0.4, -0.2) is 38.5 Å². The van der Waals surface area contributed by atoms with E-state index in [1.807, 2.05) is 0 Å². The summed E-state index contributed by atoms with van der Waals surface area (Å²) >= 11 is 0. The molecule has 94 valence electrons. The predicted octanol–water partition coefficient (Wildman–Crippen LogP) is 1.96. The summed E-state index contributed by atoms with van der Waals surface area (Å²) in [5, 5.41) is 3.61. The summed E-state index contributed by atoms with van der Waals surface area (Å²) in [6.45, 7) is 6.02. The van der Waals surface area contributed by atoms with E-state index >= 15 is 0 Å². The van der Waals surface area contributed by atoms with Gasteiger partial charge in [-0.05, 0) is 38.6 Å². The first kappa shape index (κ1) is 12.3. The van der Waals surface area contributed by atoms with Crippen LogP contribution in [0.4, 0.5) is 0 Å². The number of ether oxygens (including phenoxy) is 2. The Morgan fingerprint density at radius 2 is 2.25 bits per heavy atom. The topological polar surface area (TPSA) is 30.5 Å². The molecule has 0 radical (unpaired) electrons. The van der Waals surface area contributed by atoms with Crippen molar-refractivity contribution in [2.75, 3.05) is 26.4 Å². The van der Waals surface area contributed by atoms with Crippen LogP contribution in [0.2, 0.25) is 0 Å². The number of nitrogens with one attached hydrogen (secondary N) is 1. The third-order valence-electron chi connectivity index (χ3n) is 3.75. The Kier molecular flexibility index (Phi) is 5.07. The summed E-state index contributed by atoms with van der Waals surface area (Å²) in [4.78, 5) is 0.